The molecular formula is C26H26Cl2N10Na2O8S2. The Morgan fingerprint density at radius 2 is 1.26 bits per heavy atom. The van der Waals surface area contributed by atoms with Crippen LogP contribution in [0.3, 0.4) is 0 Å². The maximum absolute atomic E-state index is 12.2. The van der Waals surface area contributed by atoms with Crippen molar-refractivity contribution in [3.63, 3.8) is 0 Å². The fourth-order valence-electron chi connectivity index (χ4n) is 3.72. The molecular weight excluding hydrogens is 761 g/mol. The van der Waals surface area contributed by atoms with Crippen LogP contribution in [-0.4, -0.2) is 78.4 Å². The maximum Gasteiger partial charge on any atom is 1.00 e. The Morgan fingerprint density at radius 3 is 1.74 bits per heavy atom. The van der Waals surface area contributed by atoms with Crippen molar-refractivity contribution in [2.24, 2.45) is 0 Å². The van der Waals surface area contributed by atoms with Gasteiger partial charge >= 0.3 is 59.1 Å². The predicted octanol–water partition coefficient (Wildman–Crippen LogP) is -3.25. The number of halogens is 2. The zero-order chi connectivity index (χ0) is 34.8. The van der Waals surface area contributed by atoms with Gasteiger partial charge < -0.3 is 41.3 Å². The van der Waals surface area contributed by atoms with E-state index in [1.807, 2.05) is 0 Å². The van der Waals surface area contributed by atoms with Crippen molar-refractivity contribution >= 4 is 92.7 Å². The molecule has 4 rings (SSSR count). The minimum atomic E-state index is -4.98. The number of hydrogen-bond donors (Lipinski definition) is 6. The Hall–Kier alpha value is -1.96. The molecule has 4 aromatic rings. The molecule has 2 heterocycles. The first kappa shape index (κ1) is 44.2. The Kier molecular flexibility index (Phi) is 18.5. The summed E-state index contributed by atoms with van der Waals surface area (Å²) in [6, 6.07) is 8.73. The van der Waals surface area contributed by atoms with Crippen LogP contribution in [0.5, 0.6) is 0 Å². The van der Waals surface area contributed by atoms with Gasteiger partial charge in [-0.25, -0.2) is 8.42 Å². The second-order valence-corrected chi connectivity index (χ2v) is 12.5. The molecule has 0 amide bonds. The number of nitrogens with zero attached hydrogens (tertiary/aromatic N) is 6. The molecule has 18 nitrogen and oxygen atoms in total. The number of hydrogen-bond acceptors (Lipinski definition) is 19. The average Bonchev–Trinajstić information content (AvgIpc) is 3.00. The van der Waals surface area contributed by atoms with Crippen molar-refractivity contribution in [1.82, 2.24) is 29.9 Å². The molecule has 50 heavy (non-hydrogen) atoms. The zero-order valence-electron chi connectivity index (χ0n) is 26.8. The standard InChI is InChI=1S/C26H28Cl2N10O8S2.2Na/c1-13(39)11-29-23-33-21(27)35-25(37-23)31-17-7-5-15(19(9-17)47-46-45-41)3-4-16-6-8-18(10-20(16)48(42,43)44)32-26-36-22(28)34-24(38-26)30-12-14(2)40;;/h3-10,13-14,39-41H,11-12H2,1-2H3,(H,42,43,44)(H2,29,31,33,35,37)(H2,30,32,34,36,38);;/q;2*+1/p-2/b4-3+;;. The molecule has 2 atom stereocenters. The Bertz CT molecular complexity index is 1880. The third kappa shape index (κ3) is 14.2. The van der Waals surface area contributed by atoms with Gasteiger partial charge in [-0.05, 0) is 72.4 Å². The Balaban J connectivity index is 0.00000433. The van der Waals surface area contributed by atoms with Crippen LogP contribution < -0.4 is 85.6 Å². The van der Waals surface area contributed by atoms with Crippen LogP contribution in [0.25, 0.3) is 12.2 Å². The molecule has 0 bridgehead atoms. The first-order valence-corrected chi connectivity index (χ1v) is 16.5. The summed E-state index contributed by atoms with van der Waals surface area (Å²) in [5.41, 5.74) is 1.05. The Labute approximate surface area is 344 Å². The van der Waals surface area contributed by atoms with Gasteiger partial charge in [0.1, 0.15) is 10.1 Å². The monoisotopic (exact) mass is 786 g/mol. The average molecular weight is 788 g/mol. The SMILES string of the molecule is CC(O)CNc1nc(Cl)nc(Nc2ccc(/C=C/c3ccc(Nc4nc(Cl)nc(NCC(C)O)n4)cc3S(=O)(=O)[O-])c(SOO[O-])c2)n1.[Na+].[Na+]. The summed E-state index contributed by atoms with van der Waals surface area (Å²) in [6.45, 7) is 3.44. The summed E-state index contributed by atoms with van der Waals surface area (Å²) >= 11 is 12.5. The van der Waals surface area contributed by atoms with Crippen LogP contribution in [0.4, 0.5) is 35.2 Å². The van der Waals surface area contributed by atoms with Crippen LogP contribution >= 0.6 is 35.2 Å². The molecule has 0 radical (unpaired) electrons. The van der Waals surface area contributed by atoms with Gasteiger partial charge in [0.25, 0.3) is 0 Å². The van der Waals surface area contributed by atoms with Crippen molar-refractivity contribution in [2.75, 3.05) is 34.4 Å². The largest absolute Gasteiger partial charge is 1.00 e. The van der Waals surface area contributed by atoms with E-state index < -0.39 is 27.2 Å². The van der Waals surface area contributed by atoms with Gasteiger partial charge in [-0.2, -0.15) is 34.2 Å². The van der Waals surface area contributed by atoms with E-state index in [9.17, 15) is 28.4 Å². The van der Waals surface area contributed by atoms with Crippen molar-refractivity contribution in [3.8, 4) is 0 Å². The topological polar surface area (TPSA) is 265 Å². The number of benzene rings is 2. The maximum atomic E-state index is 12.2. The first-order chi connectivity index (χ1) is 22.8. The zero-order valence-corrected chi connectivity index (χ0v) is 33.9. The number of aliphatic hydroxyl groups excluding tert-OH is 2. The smallest absolute Gasteiger partial charge is 0.744 e. The third-order valence-electron chi connectivity index (χ3n) is 5.73. The molecule has 0 aliphatic heterocycles. The van der Waals surface area contributed by atoms with E-state index in [1.165, 1.54) is 24.3 Å². The van der Waals surface area contributed by atoms with Gasteiger partial charge in [0.2, 0.25) is 34.4 Å². The summed E-state index contributed by atoms with van der Waals surface area (Å²) < 4.78 is 41.2. The predicted molar refractivity (Wildman–Crippen MR) is 174 cm³/mol. The van der Waals surface area contributed by atoms with E-state index in [4.69, 9.17) is 23.2 Å². The molecule has 2 aromatic carbocycles. The molecule has 256 valence electrons. The number of rotatable bonds is 16. The van der Waals surface area contributed by atoms with E-state index in [0.717, 1.165) is 6.07 Å². The van der Waals surface area contributed by atoms with Gasteiger partial charge in [0, 0.05) is 29.4 Å². The van der Waals surface area contributed by atoms with E-state index in [2.05, 4.69) is 60.5 Å². The van der Waals surface area contributed by atoms with Gasteiger partial charge in [-0.15, -0.1) is 0 Å². The number of anilines is 6. The summed E-state index contributed by atoms with van der Waals surface area (Å²) in [5, 5.41) is 44.1. The Morgan fingerprint density at radius 1 is 0.800 bits per heavy atom. The van der Waals surface area contributed by atoms with Gasteiger partial charge in [-0.1, -0.05) is 24.3 Å². The number of aromatic nitrogens is 6. The summed E-state index contributed by atoms with van der Waals surface area (Å²) in [5.74, 6) is 0.187. The number of nitrogens with one attached hydrogen (secondary N) is 4. The summed E-state index contributed by atoms with van der Waals surface area (Å²) in [4.78, 5) is 23.9. The molecule has 0 saturated carbocycles. The molecule has 0 fully saturated rings. The minimum absolute atomic E-state index is 0. The van der Waals surface area contributed by atoms with E-state index in [1.54, 1.807) is 32.0 Å². The van der Waals surface area contributed by atoms with Crippen LogP contribution in [0.15, 0.2) is 46.2 Å². The van der Waals surface area contributed by atoms with Gasteiger partial charge in [0.05, 0.1) is 29.1 Å². The fraction of sp³-hybridized carbons (Fsp3) is 0.231. The quantitative estimate of drug-likeness (QED) is 0.0163. The van der Waals surface area contributed by atoms with Crippen molar-refractivity contribution in [3.05, 3.63) is 58.1 Å². The molecule has 6 N–H and O–H groups in total. The second-order valence-electron chi connectivity index (χ2n) is 9.73. The van der Waals surface area contributed by atoms with Crippen LogP contribution in [0.1, 0.15) is 25.0 Å². The molecule has 0 aliphatic carbocycles. The summed E-state index contributed by atoms with van der Waals surface area (Å²) in [6.07, 6.45) is 1.50. The van der Waals surface area contributed by atoms with Crippen molar-refractivity contribution in [2.45, 2.75) is 35.8 Å². The van der Waals surface area contributed by atoms with Crippen LogP contribution in [0.2, 0.25) is 10.6 Å². The normalized spacial score (nSPS) is 12.4. The van der Waals surface area contributed by atoms with E-state index >= 15 is 0 Å². The van der Waals surface area contributed by atoms with Crippen molar-refractivity contribution < 1.29 is 96.9 Å². The second kappa shape index (κ2) is 20.9. The number of aliphatic hydroxyl groups is 2. The summed E-state index contributed by atoms with van der Waals surface area (Å²) in [7, 11) is -4.98. The minimum Gasteiger partial charge on any atom is -0.744 e. The molecule has 0 aliphatic rings. The third-order valence-corrected chi connectivity index (χ3v) is 7.62. The first-order valence-electron chi connectivity index (χ1n) is 13.6. The van der Waals surface area contributed by atoms with Crippen molar-refractivity contribution in [1.29, 1.82) is 0 Å². The van der Waals surface area contributed by atoms with E-state index in [-0.39, 0.29) is 118 Å². The molecule has 0 spiro atoms. The molecule has 24 heteroatoms. The van der Waals surface area contributed by atoms with E-state index in [0.29, 0.717) is 28.2 Å². The fourth-order valence-corrected chi connectivity index (χ4v) is 5.25. The van der Waals surface area contributed by atoms with Crippen LogP contribution in [0, 0.1) is 0 Å². The molecule has 2 aromatic heterocycles. The molecule has 2 unspecified atom stereocenters. The van der Waals surface area contributed by atoms with Crippen LogP contribution in [-0.2, 0) is 19.5 Å². The molecule has 0 saturated heterocycles. The van der Waals surface area contributed by atoms with Gasteiger partial charge in [-0.3, -0.25) is 5.04 Å². The van der Waals surface area contributed by atoms with Gasteiger partial charge in [0.15, 0.2) is 0 Å².